The minimum Gasteiger partial charge on any atom is -0.444 e. The molecule has 1 aliphatic rings. The second-order valence-electron chi connectivity index (χ2n) is 5.06. The highest BCUT2D eigenvalue weighted by Gasteiger charge is 2.26. The molecule has 0 aliphatic carbocycles. The van der Waals surface area contributed by atoms with Crippen molar-refractivity contribution in [1.82, 2.24) is 4.90 Å². The second-order valence-corrected chi connectivity index (χ2v) is 5.06. The van der Waals surface area contributed by atoms with Crippen LogP contribution >= 0.6 is 0 Å². The zero-order valence-electron chi connectivity index (χ0n) is 9.95. The van der Waals surface area contributed by atoms with Crippen LogP contribution in [0, 0.1) is 5.92 Å². The molecule has 15 heavy (non-hydrogen) atoms. The number of carbonyl (C=O) groups excluding carboxylic acids is 1. The van der Waals surface area contributed by atoms with E-state index < -0.39 is 5.60 Å². The molecule has 0 saturated carbocycles. The van der Waals surface area contributed by atoms with Crippen molar-refractivity contribution in [2.75, 3.05) is 13.1 Å². The summed E-state index contributed by atoms with van der Waals surface area (Å²) in [5, 5.41) is 0. The van der Waals surface area contributed by atoms with Gasteiger partial charge in [-0.2, -0.15) is 0 Å². The smallest absolute Gasteiger partial charge is 0.410 e. The van der Waals surface area contributed by atoms with Crippen LogP contribution in [0.25, 0.3) is 0 Å². The predicted molar refractivity (Wildman–Crippen MR) is 60.7 cm³/mol. The summed E-state index contributed by atoms with van der Waals surface area (Å²) in [6, 6.07) is 0. The molecule has 3 nitrogen and oxygen atoms in total. The number of amides is 1. The summed E-state index contributed by atoms with van der Waals surface area (Å²) in [7, 11) is 0. The van der Waals surface area contributed by atoms with E-state index in [9.17, 15) is 4.79 Å². The minimum absolute atomic E-state index is 0.200. The molecule has 0 bridgehead atoms. The lowest BCUT2D eigenvalue weighted by molar-refractivity contribution is 0.0187. The van der Waals surface area contributed by atoms with Gasteiger partial charge in [-0.1, -0.05) is 6.08 Å². The summed E-state index contributed by atoms with van der Waals surface area (Å²) < 4.78 is 5.32. The molecule has 0 aromatic carbocycles. The van der Waals surface area contributed by atoms with Gasteiger partial charge in [0.05, 0.1) is 0 Å². The standard InChI is InChI=1S/C12H21NO2/c1-5-10-7-6-8-13(9-10)11(14)15-12(2,3)4/h5,10H,1,6-9H2,2-4H3/t10-/m1/s1. The Balaban J connectivity index is 2.49. The lowest BCUT2D eigenvalue weighted by atomic mass is 9.99. The zero-order chi connectivity index (χ0) is 11.5. The van der Waals surface area contributed by atoms with Crippen LogP contribution in [0.4, 0.5) is 4.79 Å². The molecule has 0 aromatic heterocycles. The van der Waals surface area contributed by atoms with Crippen LogP contribution < -0.4 is 0 Å². The van der Waals surface area contributed by atoms with E-state index in [2.05, 4.69) is 6.58 Å². The highest BCUT2D eigenvalue weighted by atomic mass is 16.6. The van der Waals surface area contributed by atoms with Crippen LogP contribution in [-0.4, -0.2) is 29.7 Å². The van der Waals surface area contributed by atoms with Crippen LogP contribution in [0.1, 0.15) is 33.6 Å². The second kappa shape index (κ2) is 4.69. The average molecular weight is 211 g/mol. The predicted octanol–water partition coefficient (Wildman–Crippen LogP) is 2.82. The van der Waals surface area contributed by atoms with Crippen molar-refractivity contribution in [2.45, 2.75) is 39.2 Å². The van der Waals surface area contributed by atoms with E-state index in [-0.39, 0.29) is 6.09 Å². The molecule has 1 fully saturated rings. The van der Waals surface area contributed by atoms with Gasteiger partial charge in [0.15, 0.2) is 0 Å². The molecule has 1 atom stereocenters. The topological polar surface area (TPSA) is 29.5 Å². The van der Waals surface area contributed by atoms with Crippen molar-refractivity contribution in [3.8, 4) is 0 Å². The molecule has 1 rings (SSSR count). The molecule has 0 aromatic rings. The van der Waals surface area contributed by atoms with Gasteiger partial charge >= 0.3 is 6.09 Å². The first kappa shape index (κ1) is 12.1. The number of likely N-dealkylation sites (tertiary alicyclic amines) is 1. The summed E-state index contributed by atoms with van der Waals surface area (Å²) in [6.07, 6.45) is 3.89. The molecule has 86 valence electrons. The van der Waals surface area contributed by atoms with Crippen LogP contribution in [0.15, 0.2) is 12.7 Å². The Labute approximate surface area is 92.1 Å². The number of ether oxygens (including phenoxy) is 1. The van der Waals surface area contributed by atoms with Gasteiger partial charge in [0.25, 0.3) is 0 Å². The fourth-order valence-electron chi connectivity index (χ4n) is 1.69. The highest BCUT2D eigenvalue weighted by molar-refractivity contribution is 5.68. The first-order valence-corrected chi connectivity index (χ1v) is 5.53. The van der Waals surface area contributed by atoms with Gasteiger partial charge in [-0.25, -0.2) is 4.79 Å². The molecule has 1 saturated heterocycles. The highest BCUT2D eigenvalue weighted by Crippen LogP contribution is 2.19. The van der Waals surface area contributed by atoms with E-state index >= 15 is 0 Å². The van der Waals surface area contributed by atoms with Crippen LogP contribution in [-0.2, 0) is 4.74 Å². The molecule has 1 amide bonds. The van der Waals surface area contributed by atoms with E-state index in [0.29, 0.717) is 5.92 Å². The van der Waals surface area contributed by atoms with E-state index in [0.717, 1.165) is 25.9 Å². The molecule has 0 unspecified atom stereocenters. The molecule has 0 radical (unpaired) electrons. The summed E-state index contributed by atoms with van der Waals surface area (Å²) in [5.41, 5.74) is -0.405. The first-order valence-electron chi connectivity index (χ1n) is 5.53. The summed E-state index contributed by atoms with van der Waals surface area (Å²) in [4.78, 5) is 13.5. The van der Waals surface area contributed by atoms with Gasteiger partial charge in [0, 0.05) is 13.1 Å². The van der Waals surface area contributed by atoms with E-state index in [1.165, 1.54) is 0 Å². The molecule has 1 aliphatic heterocycles. The summed E-state index contributed by atoms with van der Waals surface area (Å²) in [5.74, 6) is 0.422. The van der Waals surface area contributed by atoms with Gasteiger partial charge < -0.3 is 9.64 Å². The van der Waals surface area contributed by atoms with Crippen LogP contribution in [0.2, 0.25) is 0 Å². The first-order chi connectivity index (χ1) is 6.92. The van der Waals surface area contributed by atoms with E-state index in [1.54, 1.807) is 4.90 Å². The Hall–Kier alpha value is -0.990. The fraction of sp³-hybridized carbons (Fsp3) is 0.750. The van der Waals surface area contributed by atoms with E-state index in [4.69, 9.17) is 4.74 Å². The number of nitrogens with zero attached hydrogens (tertiary/aromatic N) is 1. The third-order valence-corrected chi connectivity index (χ3v) is 2.44. The minimum atomic E-state index is -0.405. The third-order valence-electron chi connectivity index (χ3n) is 2.44. The molecular formula is C12H21NO2. The average Bonchev–Trinajstić information content (AvgIpc) is 2.15. The maximum atomic E-state index is 11.7. The number of hydrogen-bond acceptors (Lipinski definition) is 2. The van der Waals surface area contributed by atoms with Crippen molar-refractivity contribution in [3.63, 3.8) is 0 Å². The van der Waals surface area contributed by atoms with Crippen molar-refractivity contribution >= 4 is 6.09 Å². The van der Waals surface area contributed by atoms with Gasteiger partial charge in [-0.3, -0.25) is 0 Å². The normalized spacial score (nSPS) is 22.3. The lowest BCUT2D eigenvalue weighted by Gasteiger charge is -2.32. The van der Waals surface area contributed by atoms with Crippen molar-refractivity contribution in [2.24, 2.45) is 5.92 Å². The van der Waals surface area contributed by atoms with Crippen molar-refractivity contribution in [3.05, 3.63) is 12.7 Å². The largest absolute Gasteiger partial charge is 0.444 e. The maximum absolute atomic E-state index is 11.7. The third kappa shape index (κ3) is 3.94. The number of hydrogen-bond donors (Lipinski definition) is 0. The van der Waals surface area contributed by atoms with Gasteiger partial charge in [-0.15, -0.1) is 6.58 Å². The summed E-state index contributed by atoms with van der Waals surface area (Å²) >= 11 is 0. The molecular weight excluding hydrogens is 190 g/mol. The zero-order valence-corrected chi connectivity index (χ0v) is 9.95. The fourth-order valence-corrected chi connectivity index (χ4v) is 1.69. The molecule has 0 N–H and O–H groups in total. The maximum Gasteiger partial charge on any atom is 0.410 e. The number of piperidine rings is 1. The van der Waals surface area contributed by atoms with Gasteiger partial charge in [0.2, 0.25) is 0 Å². The lowest BCUT2D eigenvalue weighted by Crippen LogP contribution is -2.42. The molecule has 0 spiro atoms. The van der Waals surface area contributed by atoms with Crippen molar-refractivity contribution in [1.29, 1.82) is 0 Å². The number of rotatable bonds is 1. The van der Waals surface area contributed by atoms with Crippen LogP contribution in [0.5, 0.6) is 0 Å². The molecule has 1 heterocycles. The Morgan fingerprint density at radius 1 is 1.53 bits per heavy atom. The van der Waals surface area contributed by atoms with Crippen molar-refractivity contribution < 1.29 is 9.53 Å². The van der Waals surface area contributed by atoms with Gasteiger partial charge in [0.1, 0.15) is 5.60 Å². The summed E-state index contributed by atoms with van der Waals surface area (Å²) in [6.45, 7) is 11.0. The Kier molecular flexibility index (Phi) is 3.77. The SMILES string of the molecule is C=C[C@@H]1CCCN(C(=O)OC(C)(C)C)C1. The van der Waals surface area contributed by atoms with Crippen LogP contribution in [0.3, 0.4) is 0 Å². The Morgan fingerprint density at radius 3 is 2.73 bits per heavy atom. The number of carbonyl (C=O) groups is 1. The molecule has 3 heteroatoms. The Morgan fingerprint density at radius 2 is 2.20 bits per heavy atom. The Bertz CT molecular complexity index is 242. The van der Waals surface area contributed by atoms with E-state index in [1.807, 2.05) is 26.8 Å². The quantitative estimate of drug-likeness (QED) is 0.624. The van der Waals surface area contributed by atoms with Gasteiger partial charge in [-0.05, 0) is 39.5 Å². The monoisotopic (exact) mass is 211 g/mol.